The Morgan fingerprint density at radius 2 is 0.861 bits per heavy atom. The van der Waals surface area contributed by atoms with Gasteiger partial charge in [-0.3, -0.25) is 0 Å². The van der Waals surface area contributed by atoms with Gasteiger partial charge in [0.2, 0.25) is 0 Å². The maximum absolute atomic E-state index is 13.1. The Balaban J connectivity index is 1.79. The molecule has 3 aromatic heterocycles. The normalized spacial score (nSPS) is 13.0. The van der Waals surface area contributed by atoms with Crippen LogP contribution in [0.5, 0.6) is 0 Å². The zero-order chi connectivity index (χ0) is 25.4. The first-order valence-electron chi connectivity index (χ1n) is 11.5. The van der Waals surface area contributed by atoms with Crippen molar-refractivity contribution in [3.63, 3.8) is 0 Å². The SMILES string of the molecule is COC(=O)c1c2cccc1N(C)c1cccc(n1)N(C)c1cccc(n1)N(C)c1cccc(n1)N2C. The Morgan fingerprint density at radius 1 is 0.556 bits per heavy atom. The molecule has 36 heavy (non-hydrogen) atoms. The van der Waals surface area contributed by atoms with E-state index in [2.05, 4.69) is 0 Å². The van der Waals surface area contributed by atoms with Crippen LogP contribution in [0.15, 0.2) is 72.8 Å². The highest BCUT2D eigenvalue weighted by atomic mass is 16.5. The Hall–Kier alpha value is -4.66. The van der Waals surface area contributed by atoms with Gasteiger partial charge in [-0.15, -0.1) is 0 Å². The summed E-state index contributed by atoms with van der Waals surface area (Å²) in [5.74, 6) is 3.81. The van der Waals surface area contributed by atoms with Gasteiger partial charge in [0.15, 0.2) is 0 Å². The Labute approximate surface area is 210 Å². The molecule has 0 atom stereocenters. The van der Waals surface area contributed by atoms with E-state index in [-0.39, 0.29) is 0 Å². The maximum atomic E-state index is 13.1. The molecule has 0 saturated carbocycles. The zero-order valence-electron chi connectivity index (χ0n) is 20.9. The van der Waals surface area contributed by atoms with Crippen LogP contribution in [0.2, 0.25) is 0 Å². The molecule has 0 N–H and O–H groups in total. The van der Waals surface area contributed by atoms with Gasteiger partial charge in [0.1, 0.15) is 40.5 Å². The Bertz CT molecular complexity index is 1350. The number of benzene rings is 1. The fraction of sp³-hybridized carbons (Fsp3) is 0.185. The van der Waals surface area contributed by atoms with Crippen molar-refractivity contribution >= 4 is 52.3 Å². The van der Waals surface area contributed by atoms with E-state index in [1.165, 1.54) is 7.11 Å². The van der Waals surface area contributed by atoms with E-state index in [0.29, 0.717) is 40.2 Å². The number of carbonyl (C=O) groups excluding carboxylic acids is 1. The molecule has 0 spiro atoms. The van der Waals surface area contributed by atoms with Gasteiger partial charge in [-0.25, -0.2) is 19.7 Å². The third-order valence-electron chi connectivity index (χ3n) is 6.35. The largest absolute Gasteiger partial charge is 0.465 e. The van der Waals surface area contributed by atoms with Crippen LogP contribution in [0.1, 0.15) is 10.4 Å². The van der Waals surface area contributed by atoms with Crippen molar-refractivity contribution in [2.75, 3.05) is 54.9 Å². The van der Waals surface area contributed by atoms with Gasteiger partial charge >= 0.3 is 5.97 Å². The molecule has 0 aliphatic carbocycles. The number of nitrogens with zero attached hydrogens (tertiary/aromatic N) is 7. The fourth-order valence-corrected chi connectivity index (χ4v) is 4.24. The number of ether oxygens (including phenoxy) is 1. The molecule has 9 heteroatoms. The molecule has 4 heterocycles. The second kappa shape index (κ2) is 9.18. The van der Waals surface area contributed by atoms with E-state index in [1.807, 2.05) is 121 Å². The van der Waals surface area contributed by atoms with Gasteiger partial charge in [0.25, 0.3) is 0 Å². The summed E-state index contributed by atoms with van der Waals surface area (Å²) < 4.78 is 5.21. The van der Waals surface area contributed by atoms with Crippen LogP contribution in [-0.4, -0.2) is 56.2 Å². The molecule has 8 bridgehead atoms. The third-order valence-corrected chi connectivity index (χ3v) is 6.35. The van der Waals surface area contributed by atoms with Gasteiger partial charge in [0.05, 0.1) is 18.5 Å². The lowest BCUT2D eigenvalue weighted by atomic mass is 10.1. The predicted molar refractivity (Wildman–Crippen MR) is 143 cm³/mol. The topological polar surface area (TPSA) is 77.9 Å². The Morgan fingerprint density at radius 3 is 1.19 bits per heavy atom. The maximum Gasteiger partial charge on any atom is 0.342 e. The number of aromatic nitrogens is 3. The molecule has 1 aromatic carbocycles. The van der Waals surface area contributed by atoms with E-state index in [4.69, 9.17) is 19.7 Å². The highest BCUT2D eigenvalue weighted by molar-refractivity contribution is 6.03. The molecule has 0 unspecified atom stereocenters. The molecular formula is C27H27N7O2. The summed E-state index contributed by atoms with van der Waals surface area (Å²) in [5, 5.41) is 0. The summed E-state index contributed by atoms with van der Waals surface area (Å²) in [4.78, 5) is 35.3. The summed E-state index contributed by atoms with van der Waals surface area (Å²) in [7, 11) is 9.00. The van der Waals surface area contributed by atoms with Crippen molar-refractivity contribution in [1.82, 2.24) is 15.0 Å². The summed E-state index contributed by atoms with van der Waals surface area (Å²) in [5.41, 5.74) is 1.75. The number of rotatable bonds is 1. The fourth-order valence-electron chi connectivity index (χ4n) is 4.24. The molecule has 182 valence electrons. The standard InChI is InChI=1S/C27H27N7O2/c1-31-18-10-6-11-19(26(18)27(35)36-5)32(2)21-13-8-15-23(29-21)34(4)25-17-9-16-24(30-25)33(3)22-14-7-12-20(31)28-22/h6-17H,1-5H3. The average molecular weight is 482 g/mol. The van der Waals surface area contributed by atoms with Crippen molar-refractivity contribution in [2.24, 2.45) is 0 Å². The highest BCUT2D eigenvalue weighted by Crippen LogP contribution is 2.37. The van der Waals surface area contributed by atoms with Crippen molar-refractivity contribution in [1.29, 1.82) is 0 Å². The summed E-state index contributed by atoms with van der Waals surface area (Å²) in [6.45, 7) is 0. The minimum atomic E-state index is -0.443. The Kier molecular flexibility index (Phi) is 5.89. The second-order valence-corrected chi connectivity index (χ2v) is 8.46. The number of fused-ring (bicyclic) bond motifs is 8. The predicted octanol–water partition coefficient (Wildman–Crippen LogP) is 5.04. The van der Waals surface area contributed by atoms with Gasteiger partial charge in [-0.05, 0) is 48.5 Å². The van der Waals surface area contributed by atoms with E-state index in [9.17, 15) is 4.79 Å². The molecule has 5 rings (SSSR count). The van der Waals surface area contributed by atoms with Crippen molar-refractivity contribution in [3.05, 3.63) is 78.4 Å². The van der Waals surface area contributed by atoms with Crippen LogP contribution in [0.3, 0.4) is 0 Å². The number of carbonyl (C=O) groups is 1. The van der Waals surface area contributed by atoms with Crippen molar-refractivity contribution in [3.8, 4) is 0 Å². The van der Waals surface area contributed by atoms with E-state index in [1.54, 1.807) is 0 Å². The van der Waals surface area contributed by atoms with E-state index >= 15 is 0 Å². The minimum Gasteiger partial charge on any atom is -0.465 e. The number of anilines is 8. The number of methoxy groups -OCH3 is 1. The number of hydrogen-bond acceptors (Lipinski definition) is 9. The van der Waals surface area contributed by atoms with Crippen LogP contribution < -0.4 is 19.6 Å². The lowest BCUT2D eigenvalue weighted by Crippen LogP contribution is -2.22. The van der Waals surface area contributed by atoms with Crippen LogP contribution in [0.25, 0.3) is 0 Å². The van der Waals surface area contributed by atoms with Gasteiger partial charge in [-0.2, -0.15) is 0 Å². The zero-order valence-corrected chi connectivity index (χ0v) is 20.9. The van der Waals surface area contributed by atoms with Crippen LogP contribution in [0.4, 0.5) is 46.3 Å². The molecular weight excluding hydrogens is 454 g/mol. The lowest BCUT2D eigenvalue weighted by molar-refractivity contribution is 0.0602. The third kappa shape index (κ3) is 3.94. The first kappa shape index (κ1) is 23.1. The molecule has 0 fully saturated rings. The van der Waals surface area contributed by atoms with Gasteiger partial charge < -0.3 is 24.3 Å². The number of esters is 1. The first-order chi connectivity index (χ1) is 17.4. The number of hydrogen-bond donors (Lipinski definition) is 0. The van der Waals surface area contributed by atoms with Crippen LogP contribution >= 0.6 is 0 Å². The molecule has 0 radical (unpaired) electrons. The average Bonchev–Trinajstić information content (AvgIpc) is 2.94. The van der Waals surface area contributed by atoms with E-state index < -0.39 is 5.97 Å². The quantitative estimate of drug-likeness (QED) is 0.347. The van der Waals surface area contributed by atoms with Crippen molar-refractivity contribution in [2.45, 2.75) is 0 Å². The van der Waals surface area contributed by atoms with Crippen molar-refractivity contribution < 1.29 is 9.53 Å². The molecule has 0 amide bonds. The molecule has 1 aliphatic rings. The number of pyridine rings is 3. The molecule has 0 saturated heterocycles. The first-order valence-corrected chi connectivity index (χ1v) is 11.5. The molecule has 4 aromatic rings. The summed E-state index contributed by atoms with van der Waals surface area (Å²) >= 11 is 0. The lowest BCUT2D eigenvalue weighted by Gasteiger charge is -2.28. The van der Waals surface area contributed by atoms with E-state index in [0.717, 1.165) is 11.6 Å². The monoisotopic (exact) mass is 481 g/mol. The second-order valence-electron chi connectivity index (χ2n) is 8.46. The summed E-state index contributed by atoms with van der Waals surface area (Å²) in [6.07, 6.45) is 0. The highest BCUT2D eigenvalue weighted by Gasteiger charge is 2.25. The van der Waals surface area contributed by atoms with Gasteiger partial charge in [-0.1, -0.05) is 24.3 Å². The summed E-state index contributed by atoms with van der Waals surface area (Å²) in [6, 6.07) is 23.1. The molecule has 9 nitrogen and oxygen atoms in total. The smallest absolute Gasteiger partial charge is 0.342 e. The molecule has 1 aliphatic heterocycles. The van der Waals surface area contributed by atoms with Crippen LogP contribution in [0, 0.1) is 0 Å². The minimum absolute atomic E-state index is 0.421. The van der Waals surface area contributed by atoms with Gasteiger partial charge in [0, 0.05) is 28.2 Å². The van der Waals surface area contributed by atoms with Crippen LogP contribution in [-0.2, 0) is 4.74 Å².